The lowest BCUT2D eigenvalue weighted by atomic mass is 9.68. The minimum absolute atomic E-state index is 0.00489. The van der Waals surface area contributed by atoms with Crippen molar-refractivity contribution in [2.24, 2.45) is 0 Å². The van der Waals surface area contributed by atoms with E-state index in [1.54, 1.807) is 31.3 Å². The quantitative estimate of drug-likeness (QED) is 0.810. The topological polar surface area (TPSA) is 71.5 Å². The molecule has 0 unspecified atom stereocenters. The predicted molar refractivity (Wildman–Crippen MR) is 113 cm³/mol. The van der Waals surface area contributed by atoms with Crippen LogP contribution in [-0.2, 0) is 15.0 Å². The highest BCUT2D eigenvalue weighted by Gasteiger charge is 2.43. The number of aryl methyl sites for hydroxylation is 1. The summed E-state index contributed by atoms with van der Waals surface area (Å²) < 4.78 is 5.26. The monoisotopic (exact) mass is 395 g/mol. The lowest BCUT2D eigenvalue weighted by Gasteiger charge is -2.39. The molecule has 0 saturated heterocycles. The van der Waals surface area contributed by atoms with Gasteiger partial charge in [0.15, 0.2) is 0 Å². The lowest BCUT2D eigenvalue weighted by molar-refractivity contribution is -0.139. The van der Waals surface area contributed by atoms with E-state index in [1.165, 1.54) is 0 Å². The highest BCUT2D eigenvalue weighted by molar-refractivity contribution is 5.96. The standard InChI is InChI=1S/C23H29N3O3/c1-17-11-14-24-20(15-17)25-21(27)16-26(2)22(28)23(12-5-4-6-13-23)18-7-9-19(29-3)10-8-18/h7-11,14-15H,4-6,12-13,16H2,1-3H3,(H,24,25,27). The van der Waals surface area contributed by atoms with Crippen LogP contribution in [-0.4, -0.2) is 42.4 Å². The molecule has 1 aliphatic carbocycles. The number of nitrogens with zero attached hydrogens (tertiary/aromatic N) is 2. The number of amides is 2. The Morgan fingerprint density at radius 1 is 1.14 bits per heavy atom. The smallest absolute Gasteiger partial charge is 0.245 e. The fourth-order valence-corrected chi connectivity index (χ4v) is 4.13. The van der Waals surface area contributed by atoms with Gasteiger partial charge >= 0.3 is 0 Å². The SMILES string of the molecule is COc1ccc(C2(C(=O)N(C)CC(=O)Nc3cc(C)ccn3)CCCCC2)cc1. The highest BCUT2D eigenvalue weighted by atomic mass is 16.5. The van der Waals surface area contributed by atoms with E-state index < -0.39 is 5.41 Å². The molecule has 1 aromatic carbocycles. The summed E-state index contributed by atoms with van der Waals surface area (Å²) in [5.74, 6) is 1.01. The summed E-state index contributed by atoms with van der Waals surface area (Å²) >= 11 is 0. The predicted octanol–water partition coefficient (Wildman–Crippen LogP) is 3.70. The number of rotatable bonds is 6. The molecule has 6 nitrogen and oxygen atoms in total. The molecule has 0 radical (unpaired) electrons. The Bertz CT molecular complexity index is 858. The maximum atomic E-state index is 13.5. The molecule has 2 amide bonds. The third-order valence-electron chi connectivity index (χ3n) is 5.67. The van der Waals surface area contributed by atoms with Crippen LogP contribution in [0.25, 0.3) is 0 Å². The number of anilines is 1. The molecule has 0 spiro atoms. The number of benzene rings is 1. The van der Waals surface area contributed by atoms with Crippen molar-refractivity contribution in [1.29, 1.82) is 0 Å². The summed E-state index contributed by atoms with van der Waals surface area (Å²) in [6.07, 6.45) is 6.39. The normalized spacial score (nSPS) is 15.4. The van der Waals surface area contributed by atoms with Gasteiger partial charge in [0.2, 0.25) is 11.8 Å². The van der Waals surface area contributed by atoms with Gasteiger partial charge in [0.1, 0.15) is 11.6 Å². The zero-order valence-corrected chi connectivity index (χ0v) is 17.4. The maximum Gasteiger partial charge on any atom is 0.245 e. The highest BCUT2D eigenvalue weighted by Crippen LogP contribution is 2.41. The van der Waals surface area contributed by atoms with Gasteiger partial charge in [0, 0.05) is 13.2 Å². The molecule has 1 heterocycles. The van der Waals surface area contributed by atoms with Crippen molar-refractivity contribution in [3.63, 3.8) is 0 Å². The van der Waals surface area contributed by atoms with E-state index in [1.807, 2.05) is 37.3 Å². The zero-order valence-electron chi connectivity index (χ0n) is 17.4. The minimum atomic E-state index is -0.582. The Morgan fingerprint density at radius 2 is 1.83 bits per heavy atom. The number of carbonyl (C=O) groups is 2. The molecule has 3 rings (SSSR count). The first-order chi connectivity index (χ1) is 13.9. The molecule has 2 aromatic rings. The van der Waals surface area contributed by atoms with Crippen LogP contribution >= 0.6 is 0 Å². The molecule has 154 valence electrons. The number of pyridine rings is 1. The first-order valence-corrected chi connectivity index (χ1v) is 10.1. The van der Waals surface area contributed by atoms with Gasteiger partial charge in [-0.25, -0.2) is 4.98 Å². The van der Waals surface area contributed by atoms with Gasteiger partial charge < -0.3 is 15.0 Å². The second-order valence-electron chi connectivity index (χ2n) is 7.80. The van der Waals surface area contributed by atoms with E-state index in [-0.39, 0.29) is 18.4 Å². The number of nitrogens with one attached hydrogen (secondary N) is 1. The fraction of sp³-hybridized carbons (Fsp3) is 0.435. The van der Waals surface area contributed by atoms with Crippen LogP contribution in [0.15, 0.2) is 42.6 Å². The fourth-order valence-electron chi connectivity index (χ4n) is 4.13. The average Bonchev–Trinajstić information content (AvgIpc) is 2.73. The van der Waals surface area contributed by atoms with Crippen molar-refractivity contribution < 1.29 is 14.3 Å². The molecular weight excluding hydrogens is 366 g/mol. The van der Waals surface area contributed by atoms with Gasteiger partial charge in [0.05, 0.1) is 19.1 Å². The number of carbonyl (C=O) groups excluding carboxylic acids is 2. The Kier molecular flexibility index (Phi) is 6.52. The Hall–Kier alpha value is -2.89. The third kappa shape index (κ3) is 4.75. The van der Waals surface area contributed by atoms with Gasteiger partial charge in [-0.3, -0.25) is 9.59 Å². The Labute approximate surface area is 172 Å². The molecule has 1 aromatic heterocycles. The van der Waals surface area contributed by atoms with Crippen LogP contribution in [0.4, 0.5) is 5.82 Å². The maximum absolute atomic E-state index is 13.5. The van der Waals surface area contributed by atoms with Crippen molar-refractivity contribution in [1.82, 2.24) is 9.88 Å². The van der Waals surface area contributed by atoms with Crippen molar-refractivity contribution >= 4 is 17.6 Å². The van der Waals surface area contributed by atoms with E-state index in [9.17, 15) is 9.59 Å². The van der Waals surface area contributed by atoms with Crippen LogP contribution < -0.4 is 10.1 Å². The average molecular weight is 396 g/mol. The van der Waals surface area contributed by atoms with Crippen LogP contribution in [0.5, 0.6) is 5.75 Å². The summed E-state index contributed by atoms with van der Waals surface area (Å²) in [5, 5.41) is 2.78. The zero-order chi connectivity index (χ0) is 20.9. The molecule has 0 aliphatic heterocycles. The minimum Gasteiger partial charge on any atom is -0.497 e. The van der Waals surface area contributed by atoms with Gasteiger partial charge in [-0.05, 0) is 55.2 Å². The van der Waals surface area contributed by atoms with E-state index in [0.717, 1.165) is 49.0 Å². The van der Waals surface area contributed by atoms with Crippen molar-refractivity contribution in [2.75, 3.05) is 26.0 Å². The summed E-state index contributed by atoms with van der Waals surface area (Å²) in [4.78, 5) is 31.7. The second-order valence-corrected chi connectivity index (χ2v) is 7.80. The number of likely N-dealkylation sites (N-methyl/N-ethyl adjacent to an activating group) is 1. The number of hydrogen-bond donors (Lipinski definition) is 1. The van der Waals surface area contributed by atoms with Crippen molar-refractivity contribution in [3.8, 4) is 5.75 Å². The van der Waals surface area contributed by atoms with E-state index >= 15 is 0 Å². The van der Waals surface area contributed by atoms with E-state index in [4.69, 9.17) is 4.74 Å². The second kappa shape index (κ2) is 9.07. The summed E-state index contributed by atoms with van der Waals surface area (Å²) in [7, 11) is 3.33. The van der Waals surface area contributed by atoms with Crippen molar-refractivity contribution in [2.45, 2.75) is 44.4 Å². The number of ether oxygens (including phenoxy) is 1. The molecule has 6 heteroatoms. The summed E-state index contributed by atoms with van der Waals surface area (Å²) in [6, 6.07) is 11.4. The molecule has 1 saturated carbocycles. The first kappa shape index (κ1) is 20.8. The Morgan fingerprint density at radius 3 is 2.45 bits per heavy atom. The molecule has 29 heavy (non-hydrogen) atoms. The molecular formula is C23H29N3O3. The van der Waals surface area contributed by atoms with Crippen LogP contribution in [0.3, 0.4) is 0 Å². The van der Waals surface area contributed by atoms with Crippen LogP contribution in [0.1, 0.15) is 43.2 Å². The van der Waals surface area contributed by atoms with Crippen LogP contribution in [0.2, 0.25) is 0 Å². The van der Waals surface area contributed by atoms with Gasteiger partial charge in [-0.15, -0.1) is 0 Å². The van der Waals surface area contributed by atoms with E-state index in [0.29, 0.717) is 5.82 Å². The molecule has 0 bridgehead atoms. The number of aromatic nitrogens is 1. The van der Waals surface area contributed by atoms with Crippen LogP contribution in [0, 0.1) is 6.92 Å². The Balaban J connectivity index is 1.75. The summed E-state index contributed by atoms with van der Waals surface area (Å²) in [6.45, 7) is 1.93. The molecule has 1 fully saturated rings. The number of hydrogen-bond acceptors (Lipinski definition) is 4. The first-order valence-electron chi connectivity index (χ1n) is 10.1. The number of methoxy groups -OCH3 is 1. The van der Waals surface area contributed by atoms with Gasteiger partial charge in [-0.2, -0.15) is 0 Å². The lowest BCUT2D eigenvalue weighted by Crippen LogP contribution is -2.48. The van der Waals surface area contributed by atoms with E-state index in [2.05, 4.69) is 10.3 Å². The largest absolute Gasteiger partial charge is 0.497 e. The molecule has 1 N–H and O–H groups in total. The molecule has 0 atom stereocenters. The van der Waals surface area contributed by atoms with Crippen molar-refractivity contribution in [3.05, 3.63) is 53.7 Å². The third-order valence-corrected chi connectivity index (χ3v) is 5.67. The summed E-state index contributed by atoms with van der Waals surface area (Å²) in [5.41, 5.74) is 1.43. The van der Waals surface area contributed by atoms with Gasteiger partial charge in [0.25, 0.3) is 0 Å². The molecule has 1 aliphatic rings. The van der Waals surface area contributed by atoms with Gasteiger partial charge in [-0.1, -0.05) is 31.4 Å².